The Hall–Kier alpha value is -0.990. The predicted octanol–water partition coefficient (Wildman–Crippen LogP) is 2.52. The average Bonchev–Trinajstić information content (AvgIpc) is 2.48. The fourth-order valence-electron chi connectivity index (χ4n) is 1.62. The molecule has 0 aromatic carbocycles. The number of ether oxygens (including phenoxy) is 1. The molecule has 0 saturated heterocycles. The number of aromatic nitrogens is 2. The van der Waals surface area contributed by atoms with Gasteiger partial charge in [-0.05, 0) is 6.92 Å². The number of fused-ring (bicyclic) bond motifs is 1. The van der Waals surface area contributed by atoms with E-state index < -0.39 is 0 Å². The first-order chi connectivity index (χ1) is 6.48. The van der Waals surface area contributed by atoms with Crippen LogP contribution >= 0.6 is 0 Å². The van der Waals surface area contributed by atoms with Gasteiger partial charge in [-0.1, -0.05) is 20.8 Å². The van der Waals surface area contributed by atoms with Crippen LogP contribution in [0, 0.1) is 0 Å². The van der Waals surface area contributed by atoms with Crippen LogP contribution in [0.3, 0.4) is 0 Å². The summed E-state index contributed by atoms with van der Waals surface area (Å²) in [5.41, 5.74) is 1.22. The quantitative estimate of drug-likeness (QED) is 0.634. The smallest absolute Gasteiger partial charge is 0.212 e. The third kappa shape index (κ3) is 1.51. The Bertz CT molecular complexity index is 336. The normalized spacial score (nSPS) is 21.6. The highest BCUT2D eigenvalue weighted by Crippen LogP contribution is 2.30. The van der Waals surface area contributed by atoms with Crippen LogP contribution in [0.4, 0.5) is 0 Å². The van der Waals surface area contributed by atoms with Crippen molar-refractivity contribution in [3.05, 3.63) is 11.8 Å². The molecule has 0 spiro atoms. The van der Waals surface area contributed by atoms with Crippen molar-refractivity contribution in [2.75, 3.05) is 6.61 Å². The van der Waals surface area contributed by atoms with E-state index in [9.17, 15) is 0 Å². The van der Waals surface area contributed by atoms with E-state index in [0.717, 1.165) is 24.6 Å². The van der Waals surface area contributed by atoms with Gasteiger partial charge in [-0.15, -0.1) is 0 Å². The summed E-state index contributed by atoms with van der Waals surface area (Å²) in [5, 5.41) is 4.59. The van der Waals surface area contributed by atoms with Gasteiger partial charge in [-0.3, -0.25) is 0 Å². The molecule has 0 amide bonds. The molecule has 3 nitrogen and oxygen atoms in total. The Balaban J connectivity index is 2.40. The molecule has 0 bridgehead atoms. The third-order valence-corrected chi connectivity index (χ3v) is 2.67. The molecule has 0 aliphatic carbocycles. The molecule has 1 aromatic rings. The summed E-state index contributed by atoms with van der Waals surface area (Å²) in [7, 11) is 0. The highest BCUT2D eigenvalue weighted by atomic mass is 16.5. The Labute approximate surface area is 85.1 Å². The van der Waals surface area contributed by atoms with Crippen LogP contribution in [0.1, 0.15) is 45.9 Å². The zero-order chi connectivity index (χ0) is 10.3. The van der Waals surface area contributed by atoms with Crippen LogP contribution in [0.25, 0.3) is 0 Å². The summed E-state index contributed by atoms with van der Waals surface area (Å²) in [6.07, 6.45) is 1.05. The van der Waals surface area contributed by atoms with Gasteiger partial charge in [-0.25, -0.2) is 4.68 Å². The maximum atomic E-state index is 5.57. The summed E-state index contributed by atoms with van der Waals surface area (Å²) < 4.78 is 7.57. The van der Waals surface area contributed by atoms with Crippen molar-refractivity contribution in [2.45, 2.75) is 45.6 Å². The van der Waals surface area contributed by atoms with Crippen molar-refractivity contribution in [3.63, 3.8) is 0 Å². The first-order valence-electron chi connectivity index (χ1n) is 5.21. The summed E-state index contributed by atoms with van der Waals surface area (Å²) >= 11 is 0. The zero-order valence-electron chi connectivity index (χ0n) is 9.37. The molecular formula is C11H18N2O. The van der Waals surface area contributed by atoms with E-state index in [1.54, 1.807) is 0 Å². The molecule has 0 radical (unpaired) electrons. The lowest BCUT2D eigenvalue weighted by atomic mass is 9.93. The van der Waals surface area contributed by atoms with Crippen LogP contribution in [0.15, 0.2) is 6.07 Å². The SMILES string of the molecule is CC1CCOc2cc(C(C)(C)C)nn21. The van der Waals surface area contributed by atoms with Crippen LogP contribution in [0.2, 0.25) is 0 Å². The van der Waals surface area contributed by atoms with Gasteiger partial charge in [-0.2, -0.15) is 5.10 Å². The van der Waals surface area contributed by atoms with E-state index in [0.29, 0.717) is 6.04 Å². The van der Waals surface area contributed by atoms with Crippen molar-refractivity contribution in [2.24, 2.45) is 0 Å². The topological polar surface area (TPSA) is 27.1 Å². The van der Waals surface area contributed by atoms with Crippen LogP contribution in [-0.2, 0) is 5.41 Å². The van der Waals surface area contributed by atoms with Gasteiger partial charge in [0, 0.05) is 17.9 Å². The maximum Gasteiger partial charge on any atom is 0.212 e. The summed E-state index contributed by atoms with van der Waals surface area (Å²) in [4.78, 5) is 0. The van der Waals surface area contributed by atoms with Crippen molar-refractivity contribution in [1.82, 2.24) is 9.78 Å². The zero-order valence-corrected chi connectivity index (χ0v) is 9.37. The van der Waals surface area contributed by atoms with Gasteiger partial charge in [0.25, 0.3) is 0 Å². The lowest BCUT2D eigenvalue weighted by Crippen LogP contribution is -2.19. The molecule has 2 rings (SSSR count). The lowest BCUT2D eigenvalue weighted by molar-refractivity contribution is 0.200. The summed E-state index contributed by atoms with van der Waals surface area (Å²) in [6.45, 7) is 9.52. The second-order valence-corrected chi connectivity index (χ2v) is 5.05. The Morgan fingerprint density at radius 3 is 2.79 bits per heavy atom. The lowest BCUT2D eigenvalue weighted by Gasteiger charge is -2.21. The minimum absolute atomic E-state index is 0.105. The van der Waals surface area contributed by atoms with Crippen molar-refractivity contribution < 1.29 is 4.74 Å². The fourth-order valence-corrected chi connectivity index (χ4v) is 1.62. The number of rotatable bonds is 0. The van der Waals surface area contributed by atoms with E-state index in [-0.39, 0.29) is 5.41 Å². The van der Waals surface area contributed by atoms with E-state index in [1.165, 1.54) is 0 Å². The minimum Gasteiger partial charge on any atom is -0.478 e. The molecule has 14 heavy (non-hydrogen) atoms. The number of nitrogens with zero attached hydrogens (tertiary/aromatic N) is 2. The summed E-state index contributed by atoms with van der Waals surface area (Å²) in [5.74, 6) is 0.925. The van der Waals surface area contributed by atoms with Crippen molar-refractivity contribution >= 4 is 0 Å². The van der Waals surface area contributed by atoms with Gasteiger partial charge in [0.1, 0.15) is 0 Å². The fraction of sp³-hybridized carbons (Fsp3) is 0.727. The van der Waals surface area contributed by atoms with Gasteiger partial charge < -0.3 is 4.74 Å². The highest BCUT2D eigenvalue weighted by Gasteiger charge is 2.24. The van der Waals surface area contributed by atoms with Gasteiger partial charge >= 0.3 is 0 Å². The van der Waals surface area contributed by atoms with Crippen LogP contribution in [0.5, 0.6) is 5.88 Å². The largest absolute Gasteiger partial charge is 0.478 e. The Morgan fingerprint density at radius 2 is 2.21 bits per heavy atom. The molecule has 0 saturated carbocycles. The summed E-state index contributed by atoms with van der Waals surface area (Å²) in [6, 6.07) is 2.53. The first kappa shape index (κ1) is 9.56. The molecule has 1 aliphatic rings. The van der Waals surface area contributed by atoms with E-state index >= 15 is 0 Å². The van der Waals surface area contributed by atoms with Crippen LogP contribution < -0.4 is 4.74 Å². The Kier molecular flexibility index (Phi) is 2.05. The second kappa shape index (κ2) is 3.01. The minimum atomic E-state index is 0.105. The second-order valence-electron chi connectivity index (χ2n) is 5.05. The van der Waals surface area contributed by atoms with Crippen molar-refractivity contribution in [1.29, 1.82) is 0 Å². The van der Waals surface area contributed by atoms with Gasteiger partial charge in [0.2, 0.25) is 5.88 Å². The van der Waals surface area contributed by atoms with Crippen molar-refractivity contribution in [3.8, 4) is 5.88 Å². The molecule has 1 atom stereocenters. The third-order valence-electron chi connectivity index (χ3n) is 2.67. The molecule has 0 N–H and O–H groups in total. The number of hydrogen-bond donors (Lipinski definition) is 0. The molecule has 1 aromatic heterocycles. The molecule has 1 unspecified atom stereocenters. The predicted molar refractivity (Wildman–Crippen MR) is 55.8 cm³/mol. The van der Waals surface area contributed by atoms with Gasteiger partial charge in [0.15, 0.2) is 0 Å². The molecule has 0 fully saturated rings. The average molecular weight is 194 g/mol. The van der Waals surface area contributed by atoms with E-state index in [2.05, 4.69) is 38.9 Å². The molecule has 3 heteroatoms. The number of hydrogen-bond acceptors (Lipinski definition) is 2. The van der Waals surface area contributed by atoms with E-state index in [4.69, 9.17) is 4.74 Å². The standard InChI is InChI=1S/C11H18N2O/c1-8-5-6-14-10-7-9(11(2,3)4)12-13(8)10/h7-8H,5-6H2,1-4H3. The Morgan fingerprint density at radius 1 is 1.50 bits per heavy atom. The molecular weight excluding hydrogens is 176 g/mol. The van der Waals surface area contributed by atoms with E-state index in [1.807, 2.05) is 4.68 Å². The highest BCUT2D eigenvalue weighted by molar-refractivity contribution is 5.23. The molecule has 1 aliphatic heterocycles. The molecule has 2 heterocycles. The maximum absolute atomic E-state index is 5.57. The monoisotopic (exact) mass is 194 g/mol. The van der Waals surface area contributed by atoms with Crippen LogP contribution in [-0.4, -0.2) is 16.4 Å². The first-order valence-corrected chi connectivity index (χ1v) is 5.21. The molecule has 78 valence electrons. The van der Waals surface area contributed by atoms with Gasteiger partial charge in [0.05, 0.1) is 18.3 Å².